The zero-order valence-electron chi connectivity index (χ0n) is 29.5. The summed E-state index contributed by atoms with van der Waals surface area (Å²) in [6, 6.07) is 0. The maximum absolute atomic E-state index is 2.47. The molecule has 0 radical (unpaired) electrons. The fourth-order valence-electron chi connectivity index (χ4n) is 6.23. The van der Waals surface area contributed by atoms with Gasteiger partial charge in [0.05, 0.1) is 41.3 Å². The number of hydrogen-bond acceptors (Lipinski definition) is 0. The zero-order chi connectivity index (χ0) is 29.6. The van der Waals surface area contributed by atoms with Gasteiger partial charge >= 0.3 is 0 Å². The van der Waals surface area contributed by atoms with Gasteiger partial charge in [-0.3, -0.25) is 0 Å². The van der Waals surface area contributed by atoms with Gasteiger partial charge in [0.25, 0.3) is 0 Å². The first kappa shape index (κ1) is 43.0. The maximum atomic E-state index is 2.47. The van der Waals surface area contributed by atoms with Gasteiger partial charge in [0.2, 0.25) is 0 Å². The first-order chi connectivity index (χ1) is 19.3. The van der Waals surface area contributed by atoms with Crippen LogP contribution < -0.4 is 0 Å². The van der Waals surface area contributed by atoms with Crippen molar-refractivity contribution >= 4 is 0 Å². The van der Waals surface area contributed by atoms with E-state index in [1.54, 1.807) is 0 Å². The summed E-state index contributed by atoms with van der Waals surface area (Å²) in [6.45, 7) is 9.98. The second-order valence-electron chi connectivity index (χ2n) is 15.0. The quantitative estimate of drug-likeness (QED) is 0.0533. The van der Waals surface area contributed by atoms with Crippen LogP contribution in [0.2, 0.25) is 0 Å². The second-order valence-corrected chi connectivity index (χ2v) is 15.0. The van der Waals surface area contributed by atoms with Crippen LogP contribution in [0.1, 0.15) is 201 Å². The molecule has 0 atom stereocenters. The molecule has 0 fully saturated rings. The predicted molar refractivity (Wildman–Crippen MR) is 191 cm³/mol. The van der Waals surface area contributed by atoms with Gasteiger partial charge in [-0.15, -0.1) is 0 Å². The standard InChI is InChI=1S/C38H82N2.CH4/c1-7-9-11-13-15-17-19-21-23-25-27-29-31-33-35-39(3,4)37-38-40(5,6)36-34-32-30-28-26-24-22-20-18-16-14-12-10-8-2;/h7-38H2,1-6H3;1H4/q+2;. The van der Waals surface area contributed by atoms with Crippen LogP contribution in [-0.4, -0.2) is 63.3 Å². The van der Waals surface area contributed by atoms with E-state index in [1.165, 1.54) is 215 Å². The molecule has 2 heteroatoms. The number of rotatable bonds is 33. The Kier molecular flexibility index (Phi) is 32.9. The highest BCUT2D eigenvalue weighted by Gasteiger charge is 2.22. The number of nitrogens with zero attached hydrogens (tertiary/aromatic N) is 2. The molecule has 0 saturated heterocycles. The van der Waals surface area contributed by atoms with Crippen molar-refractivity contribution in [3.05, 3.63) is 0 Å². The lowest BCUT2D eigenvalue weighted by Gasteiger charge is -2.36. The maximum Gasteiger partial charge on any atom is 0.128 e. The third-order valence-corrected chi connectivity index (χ3v) is 9.54. The minimum Gasteiger partial charge on any atom is -0.324 e. The van der Waals surface area contributed by atoms with E-state index in [0.29, 0.717) is 0 Å². The third-order valence-electron chi connectivity index (χ3n) is 9.54. The summed E-state index contributed by atoms with van der Waals surface area (Å²) in [7, 11) is 9.87. The lowest BCUT2D eigenvalue weighted by molar-refractivity contribution is -0.946. The van der Waals surface area contributed by atoms with Gasteiger partial charge in [0, 0.05) is 0 Å². The van der Waals surface area contributed by atoms with Crippen molar-refractivity contribution in [2.45, 2.75) is 201 Å². The topological polar surface area (TPSA) is 0 Å². The molecular formula is C39H86N2+2. The van der Waals surface area contributed by atoms with Crippen molar-refractivity contribution in [1.82, 2.24) is 0 Å². The zero-order valence-corrected chi connectivity index (χ0v) is 29.5. The summed E-state index contributed by atoms with van der Waals surface area (Å²) in [5.74, 6) is 0. The SMILES string of the molecule is C.CCCCCCCCCCCCCCCC[N+](C)(C)CC[N+](C)(C)CCCCCCCCCCCCCCCC. The van der Waals surface area contributed by atoms with Crippen molar-refractivity contribution in [2.24, 2.45) is 0 Å². The van der Waals surface area contributed by atoms with Crippen LogP contribution in [-0.2, 0) is 0 Å². The largest absolute Gasteiger partial charge is 0.324 e. The summed E-state index contributed by atoms with van der Waals surface area (Å²) >= 11 is 0. The molecule has 0 aliphatic carbocycles. The first-order valence-electron chi connectivity index (χ1n) is 19.0. The molecule has 0 bridgehead atoms. The Bertz CT molecular complexity index is 440. The molecular weight excluding hydrogens is 496 g/mol. The van der Waals surface area contributed by atoms with Crippen LogP contribution >= 0.6 is 0 Å². The summed E-state index contributed by atoms with van der Waals surface area (Å²) in [4.78, 5) is 0. The Morgan fingerprint density at radius 2 is 0.415 bits per heavy atom. The van der Waals surface area contributed by atoms with E-state index >= 15 is 0 Å². The van der Waals surface area contributed by atoms with Crippen LogP contribution in [0.3, 0.4) is 0 Å². The molecule has 0 aliphatic heterocycles. The van der Waals surface area contributed by atoms with E-state index in [9.17, 15) is 0 Å². The lowest BCUT2D eigenvalue weighted by atomic mass is 10.0. The molecule has 0 unspecified atom stereocenters. The van der Waals surface area contributed by atoms with Crippen molar-refractivity contribution in [1.29, 1.82) is 0 Å². The van der Waals surface area contributed by atoms with E-state index in [1.807, 2.05) is 0 Å². The molecule has 0 aliphatic rings. The summed E-state index contributed by atoms with van der Waals surface area (Å²) in [5, 5.41) is 0. The molecule has 0 aromatic heterocycles. The molecule has 0 heterocycles. The van der Waals surface area contributed by atoms with Crippen LogP contribution in [0.4, 0.5) is 0 Å². The normalized spacial score (nSPS) is 12.1. The molecule has 0 aromatic rings. The Labute approximate surface area is 264 Å². The molecule has 0 amide bonds. The Hall–Kier alpha value is -0.0800. The predicted octanol–water partition coefficient (Wildman–Crippen LogP) is 12.7. The van der Waals surface area contributed by atoms with Gasteiger partial charge in [-0.25, -0.2) is 0 Å². The van der Waals surface area contributed by atoms with Crippen LogP contribution in [0, 0.1) is 0 Å². The average Bonchev–Trinajstić information content (AvgIpc) is 2.92. The van der Waals surface area contributed by atoms with E-state index in [4.69, 9.17) is 0 Å². The number of unbranched alkanes of at least 4 members (excludes halogenated alkanes) is 26. The lowest BCUT2D eigenvalue weighted by Crippen LogP contribution is -2.51. The molecule has 0 spiro atoms. The van der Waals surface area contributed by atoms with Crippen molar-refractivity contribution in [3.8, 4) is 0 Å². The Morgan fingerprint density at radius 3 is 0.610 bits per heavy atom. The molecule has 0 rings (SSSR count). The van der Waals surface area contributed by atoms with E-state index in [-0.39, 0.29) is 7.43 Å². The monoisotopic (exact) mass is 583 g/mol. The van der Waals surface area contributed by atoms with Crippen molar-refractivity contribution in [2.75, 3.05) is 54.4 Å². The van der Waals surface area contributed by atoms with Crippen LogP contribution in [0.15, 0.2) is 0 Å². The van der Waals surface area contributed by atoms with E-state index in [0.717, 1.165) is 0 Å². The molecule has 0 N–H and O–H groups in total. The Morgan fingerprint density at radius 1 is 0.244 bits per heavy atom. The number of likely N-dealkylation sites (N-methyl/N-ethyl adjacent to an activating group) is 2. The second kappa shape index (κ2) is 31.3. The summed E-state index contributed by atoms with van der Waals surface area (Å²) in [5.41, 5.74) is 0. The molecule has 250 valence electrons. The van der Waals surface area contributed by atoms with E-state index in [2.05, 4.69) is 42.0 Å². The molecule has 2 nitrogen and oxygen atoms in total. The summed E-state index contributed by atoms with van der Waals surface area (Å²) in [6.07, 6.45) is 40.7. The minimum atomic E-state index is 0. The van der Waals surface area contributed by atoms with Gasteiger partial charge in [0.15, 0.2) is 0 Å². The molecule has 0 saturated carbocycles. The van der Waals surface area contributed by atoms with Gasteiger partial charge in [-0.1, -0.05) is 175 Å². The van der Waals surface area contributed by atoms with Crippen LogP contribution in [0.25, 0.3) is 0 Å². The van der Waals surface area contributed by atoms with Gasteiger partial charge < -0.3 is 8.97 Å². The highest BCUT2D eigenvalue weighted by molar-refractivity contribution is 4.51. The molecule has 41 heavy (non-hydrogen) atoms. The first-order valence-corrected chi connectivity index (χ1v) is 19.0. The van der Waals surface area contributed by atoms with Gasteiger partial charge in [-0.2, -0.15) is 0 Å². The fraction of sp³-hybridized carbons (Fsp3) is 1.00. The van der Waals surface area contributed by atoms with Crippen LogP contribution in [0.5, 0.6) is 0 Å². The average molecular weight is 583 g/mol. The highest BCUT2D eigenvalue weighted by atomic mass is 15.4. The highest BCUT2D eigenvalue weighted by Crippen LogP contribution is 2.15. The van der Waals surface area contributed by atoms with E-state index < -0.39 is 0 Å². The van der Waals surface area contributed by atoms with Gasteiger partial charge in [-0.05, 0) is 25.7 Å². The Balaban J connectivity index is 0. The number of hydrogen-bond donors (Lipinski definition) is 0. The van der Waals surface area contributed by atoms with Crippen molar-refractivity contribution in [3.63, 3.8) is 0 Å². The number of quaternary nitrogens is 2. The van der Waals surface area contributed by atoms with Gasteiger partial charge in [0.1, 0.15) is 13.1 Å². The fourth-order valence-corrected chi connectivity index (χ4v) is 6.23. The third kappa shape index (κ3) is 34.3. The summed E-state index contributed by atoms with van der Waals surface area (Å²) < 4.78 is 2.41. The van der Waals surface area contributed by atoms with Crippen molar-refractivity contribution < 1.29 is 8.97 Å². The molecule has 0 aromatic carbocycles. The smallest absolute Gasteiger partial charge is 0.128 e. The minimum absolute atomic E-state index is 0.